The lowest BCUT2D eigenvalue weighted by Crippen LogP contribution is -2.51. The van der Waals surface area contributed by atoms with E-state index < -0.39 is 12.0 Å². The second kappa shape index (κ2) is 9.57. The minimum atomic E-state index is -0.997. The van der Waals surface area contributed by atoms with E-state index in [4.69, 9.17) is 4.74 Å². The van der Waals surface area contributed by atoms with E-state index >= 15 is 0 Å². The third-order valence-corrected chi connectivity index (χ3v) is 3.74. The number of ether oxygens (including phenoxy) is 1. The van der Waals surface area contributed by atoms with Crippen molar-refractivity contribution in [3.8, 4) is 0 Å². The van der Waals surface area contributed by atoms with Crippen molar-refractivity contribution in [2.24, 2.45) is 5.92 Å². The first-order valence-corrected chi connectivity index (χ1v) is 7.50. The summed E-state index contributed by atoms with van der Waals surface area (Å²) < 4.78 is 4.91. The summed E-state index contributed by atoms with van der Waals surface area (Å²) in [7, 11) is 3.47. The molecule has 7 nitrogen and oxygen atoms in total. The van der Waals surface area contributed by atoms with Gasteiger partial charge < -0.3 is 25.4 Å². The van der Waals surface area contributed by atoms with Gasteiger partial charge in [-0.3, -0.25) is 0 Å². The average Bonchev–Trinajstić information content (AvgIpc) is 2.46. The number of urea groups is 1. The van der Waals surface area contributed by atoms with Crippen LogP contribution in [0.25, 0.3) is 0 Å². The largest absolute Gasteiger partial charge is 0.480 e. The Morgan fingerprint density at radius 2 is 2.24 bits per heavy atom. The van der Waals surface area contributed by atoms with Gasteiger partial charge in [-0.15, -0.1) is 0 Å². The number of nitrogens with zero attached hydrogens (tertiary/aromatic N) is 1. The predicted molar refractivity (Wildman–Crippen MR) is 79.3 cm³/mol. The molecule has 1 aliphatic heterocycles. The molecule has 0 aliphatic carbocycles. The van der Waals surface area contributed by atoms with Gasteiger partial charge in [0.25, 0.3) is 0 Å². The summed E-state index contributed by atoms with van der Waals surface area (Å²) in [5.74, 6) is -0.561. The summed E-state index contributed by atoms with van der Waals surface area (Å²) in [6, 6.07) is -1.13. The molecular formula is C14H27N3O4. The molecule has 122 valence electrons. The zero-order chi connectivity index (χ0) is 15.7. The number of carbonyl (C=O) groups is 2. The van der Waals surface area contributed by atoms with E-state index in [1.807, 2.05) is 7.05 Å². The summed E-state index contributed by atoms with van der Waals surface area (Å²) in [5.41, 5.74) is 0. The highest BCUT2D eigenvalue weighted by Gasteiger charge is 2.26. The summed E-state index contributed by atoms with van der Waals surface area (Å²) in [6.45, 7) is 2.74. The Labute approximate surface area is 126 Å². The van der Waals surface area contributed by atoms with Gasteiger partial charge in [0.15, 0.2) is 0 Å². The SMILES string of the molecule is CNCC1CCCN(C(=O)NC(CCCOC)C(=O)O)C1. The molecule has 0 bridgehead atoms. The standard InChI is InChI=1S/C14H27N3O4/c1-15-9-11-5-3-7-17(10-11)14(20)16-12(13(18)19)6-4-8-21-2/h11-12,15H,3-10H2,1-2H3,(H,16,20)(H,18,19). The van der Waals surface area contributed by atoms with Crippen LogP contribution in [0.3, 0.4) is 0 Å². The van der Waals surface area contributed by atoms with Crippen LogP contribution in [0.4, 0.5) is 4.79 Å². The van der Waals surface area contributed by atoms with Gasteiger partial charge >= 0.3 is 12.0 Å². The first kappa shape index (κ1) is 17.7. The van der Waals surface area contributed by atoms with E-state index in [0.29, 0.717) is 38.5 Å². The topological polar surface area (TPSA) is 90.9 Å². The number of methoxy groups -OCH3 is 1. The fraction of sp³-hybridized carbons (Fsp3) is 0.857. The molecule has 3 N–H and O–H groups in total. The number of nitrogens with one attached hydrogen (secondary N) is 2. The summed E-state index contributed by atoms with van der Waals surface area (Å²) >= 11 is 0. The zero-order valence-electron chi connectivity index (χ0n) is 12.9. The molecule has 2 atom stereocenters. The highest BCUT2D eigenvalue weighted by atomic mass is 16.5. The number of amides is 2. The van der Waals surface area contributed by atoms with Crippen molar-refractivity contribution in [1.29, 1.82) is 0 Å². The van der Waals surface area contributed by atoms with Crippen LogP contribution in [0.15, 0.2) is 0 Å². The van der Waals surface area contributed by atoms with E-state index in [1.165, 1.54) is 0 Å². The van der Waals surface area contributed by atoms with Gasteiger partial charge in [-0.1, -0.05) is 0 Å². The van der Waals surface area contributed by atoms with Crippen molar-refractivity contribution in [3.05, 3.63) is 0 Å². The number of piperidine rings is 1. The Kier molecular flexibility index (Phi) is 8.07. The van der Waals surface area contributed by atoms with Crippen LogP contribution in [-0.2, 0) is 9.53 Å². The van der Waals surface area contributed by atoms with Gasteiger partial charge in [-0.25, -0.2) is 9.59 Å². The fourth-order valence-corrected chi connectivity index (χ4v) is 2.63. The molecule has 2 unspecified atom stereocenters. The molecule has 7 heteroatoms. The lowest BCUT2D eigenvalue weighted by molar-refractivity contribution is -0.139. The summed E-state index contributed by atoms with van der Waals surface area (Å²) in [5, 5.41) is 14.9. The van der Waals surface area contributed by atoms with Crippen LogP contribution in [0.5, 0.6) is 0 Å². The molecule has 0 aromatic heterocycles. The lowest BCUT2D eigenvalue weighted by Gasteiger charge is -2.33. The number of likely N-dealkylation sites (tertiary alicyclic amines) is 1. The highest BCUT2D eigenvalue weighted by Crippen LogP contribution is 2.16. The fourth-order valence-electron chi connectivity index (χ4n) is 2.63. The van der Waals surface area contributed by atoms with Crippen molar-refractivity contribution >= 4 is 12.0 Å². The molecule has 0 saturated carbocycles. The number of hydrogen-bond donors (Lipinski definition) is 3. The number of carbonyl (C=O) groups excluding carboxylic acids is 1. The summed E-state index contributed by atoms with van der Waals surface area (Å²) in [4.78, 5) is 25.1. The maximum Gasteiger partial charge on any atom is 0.326 e. The van der Waals surface area contributed by atoms with E-state index in [2.05, 4.69) is 10.6 Å². The predicted octanol–water partition coefficient (Wildman–Crippen LogP) is 0.507. The molecule has 1 aliphatic rings. The third-order valence-electron chi connectivity index (χ3n) is 3.74. The molecule has 0 aromatic rings. The maximum absolute atomic E-state index is 12.2. The molecule has 21 heavy (non-hydrogen) atoms. The van der Waals surface area contributed by atoms with E-state index in [9.17, 15) is 14.7 Å². The second-order valence-electron chi connectivity index (χ2n) is 5.49. The number of carboxylic acids is 1. The van der Waals surface area contributed by atoms with Gasteiger partial charge in [-0.05, 0) is 45.2 Å². The molecule has 2 amide bonds. The van der Waals surface area contributed by atoms with Crippen LogP contribution in [-0.4, -0.2) is 68.4 Å². The number of rotatable bonds is 8. The number of aliphatic carboxylic acids is 1. The second-order valence-corrected chi connectivity index (χ2v) is 5.49. The Bertz CT molecular complexity index is 336. The van der Waals surface area contributed by atoms with E-state index in [0.717, 1.165) is 19.4 Å². The van der Waals surface area contributed by atoms with E-state index in [-0.39, 0.29) is 6.03 Å². The van der Waals surface area contributed by atoms with Crippen molar-refractivity contribution in [2.75, 3.05) is 40.4 Å². The van der Waals surface area contributed by atoms with Crippen molar-refractivity contribution < 1.29 is 19.4 Å². The molecule has 0 spiro atoms. The van der Waals surface area contributed by atoms with Gasteiger partial charge in [-0.2, -0.15) is 0 Å². The van der Waals surface area contributed by atoms with Crippen LogP contribution in [0.1, 0.15) is 25.7 Å². The van der Waals surface area contributed by atoms with Gasteiger partial charge in [0.1, 0.15) is 6.04 Å². The third kappa shape index (κ3) is 6.31. The first-order chi connectivity index (χ1) is 10.1. The Balaban J connectivity index is 2.46. The zero-order valence-corrected chi connectivity index (χ0v) is 12.9. The van der Waals surface area contributed by atoms with Gasteiger partial charge in [0.05, 0.1) is 0 Å². The monoisotopic (exact) mass is 301 g/mol. The normalized spacial score (nSPS) is 20.1. The minimum absolute atomic E-state index is 0.277. The molecule has 1 saturated heterocycles. The molecule has 1 fully saturated rings. The molecule has 0 radical (unpaired) electrons. The number of carboxylic acid groups (broad SMARTS) is 1. The van der Waals surface area contributed by atoms with Crippen LogP contribution >= 0.6 is 0 Å². The Morgan fingerprint density at radius 1 is 1.48 bits per heavy atom. The average molecular weight is 301 g/mol. The lowest BCUT2D eigenvalue weighted by atomic mass is 9.98. The molecule has 0 aromatic carbocycles. The van der Waals surface area contributed by atoms with Gasteiger partial charge in [0.2, 0.25) is 0 Å². The molecule has 1 heterocycles. The van der Waals surface area contributed by atoms with Crippen LogP contribution in [0, 0.1) is 5.92 Å². The number of hydrogen-bond acceptors (Lipinski definition) is 4. The minimum Gasteiger partial charge on any atom is -0.480 e. The Hall–Kier alpha value is -1.34. The van der Waals surface area contributed by atoms with Crippen molar-refractivity contribution in [3.63, 3.8) is 0 Å². The molecular weight excluding hydrogens is 274 g/mol. The van der Waals surface area contributed by atoms with Crippen LogP contribution in [0.2, 0.25) is 0 Å². The van der Waals surface area contributed by atoms with Crippen LogP contribution < -0.4 is 10.6 Å². The smallest absolute Gasteiger partial charge is 0.326 e. The van der Waals surface area contributed by atoms with Crippen molar-refractivity contribution in [2.45, 2.75) is 31.7 Å². The van der Waals surface area contributed by atoms with Crippen molar-refractivity contribution in [1.82, 2.24) is 15.5 Å². The first-order valence-electron chi connectivity index (χ1n) is 7.50. The maximum atomic E-state index is 12.2. The van der Waals surface area contributed by atoms with E-state index in [1.54, 1.807) is 12.0 Å². The molecule has 1 rings (SSSR count). The Morgan fingerprint density at radius 3 is 2.86 bits per heavy atom. The summed E-state index contributed by atoms with van der Waals surface area (Å²) in [6.07, 6.45) is 3.04. The highest BCUT2D eigenvalue weighted by molar-refractivity contribution is 5.82. The quantitative estimate of drug-likeness (QED) is 0.568. The van der Waals surface area contributed by atoms with Gasteiger partial charge in [0, 0.05) is 26.8 Å².